The van der Waals surface area contributed by atoms with Crippen LogP contribution in [0.1, 0.15) is 24.3 Å². The van der Waals surface area contributed by atoms with Crippen molar-refractivity contribution in [1.82, 2.24) is 4.98 Å². The Balaban J connectivity index is 2.01. The van der Waals surface area contributed by atoms with Crippen LogP contribution in [0.15, 0.2) is 23.6 Å². The molecule has 20 heavy (non-hydrogen) atoms. The fourth-order valence-corrected chi connectivity index (χ4v) is 2.35. The normalized spacial score (nSPS) is 12.2. The molecule has 106 valence electrons. The summed E-state index contributed by atoms with van der Waals surface area (Å²) in [4.78, 5) is 15.7. The molecule has 2 N–H and O–H groups in total. The molecule has 1 aromatic heterocycles. The molecule has 0 aliphatic carbocycles. The number of anilines is 1. The highest BCUT2D eigenvalue weighted by Gasteiger charge is 2.12. The van der Waals surface area contributed by atoms with Crippen molar-refractivity contribution >= 4 is 22.4 Å². The number of halogens is 2. The molecule has 1 heterocycles. The van der Waals surface area contributed by atoms with Gasteiger partial charge in [-0.15, -0.1) is 11.3 Å². The lowest BCUT2D eigenvalue weighted by Gasteiger charge is -2.03. The number of hydrogen-bond donors (Lipinski definition) is 2. The Labute approximate surface area is 118 Å². The second-order valence-electron chi connectivity index (χ2n) is 4.21. The van der Waals surface area contributed by atoms with Crippen LogP contribution in [0.5, 0.6) is 0 Å². The average Bonchev–Trinajstić information content (AvgIpc) is 2.81. The second kappa shape index (κ2) is 6.06. The van der Waals surface area contributed by atoms with Crippen molar-refractivity contribution in [3.8, 4) is 0 Å². The molecule has 4 nitrogen and oxygen atoms in total. The quantitative estimate of drug-likeness (QED) is 0.912. The lowest BCUT2D eigenvalue weighted by Crippen LogP contribution is -2.15. The van der Waals surface area contributed by atoms with E-state index >= 15 is 0 Å². The van der Waals surface area contributed by atoms with Gasteiger partial charge in [-0.1, -0.05) is 6.07 Å². The average molecular weight is 298 g/mol. The third-order valence-corrected chi connectivity index (χ3v) is 3.34. The molecular weight excluding hydrogens is 286 g/mol. The van der Waals surface area contributed by atoms with Crippen molar-refractivity contribution < 1.29 is 18.7 Å². The van der Waals surface area contributed by atoms with Crippen LogP contribution < -0.4 is 5.32 Å². The number of aliphatic hydroxyl groups is 1. The Morgan fingerprint density at radius 2 is 2.25 bits per heavy atom. The predicted molar refractivity (Wildman–Crippen MR) is 71.4 cm³/mol. The van der Waals surface area contributed by atoms with E-state index in [4.69, 9.17) is 0 Å². The summed E-state index contributed by atoms with van der Waals surface area (Å²) < 4.78 is 26.1. The number of benzene rings is 1. The van der Waals surface area contributed by atoms with Crippen molar-refractivity contribution in [3.05, 3.63) is 46.5 Å². The van der Waals surface area contributed by atoms with Crippen LogP contribution in [-0.4, -0.2) is 16.0 Å². The summed E-state index contributed by atoms with van der Waals surface area (Å²) in [5, 5.41) is 13.8. The number of hydrogen-bond acceptors (Lipinski definition) is 4. The Morgan fingerprint density at radius 3 is 2.85 bits per heavy atom. The smallest absolute Gasteiger partial charge is 0.230 e. The summed E-state index contributed by atoms with van der Waals surface area (Å²) in [5.41, 5.74) is 0.564. The zero-order chi connectivity index (χ0) is 14.7. The number of thiazole rings is 1. The van der Waals surface area contributed by atoms with Crippen LogP contribution in [0.3, 0.4) is 0 Å². The Morgan fingerprint density at radius 1 is 1.50 bits per heavy atom. The monoisotopic (exact) mass is 298 g/mol. The van der Waals surface area contributed by atoms with Gasteiger partial charge in [-0.2, -0.15) is 0 Å². The first-order valence-electron chi connectivity index (χ1n) is 5.83. The van der Waals surface area contributed by atoms with Gasteiger partial charge in [0.05, 0.1) is 18.2 Å². The zero-order valence-electron chi connectivity index (χ0n) is 10.6. The number of aliphatic hydroxyl groups excluding tert-OH is 1. The molecule has 0 radical (unpaired) electrons. The molecule has 0 saturated carbocycles. The molecule has 0 bridgehead atoms. The summed E-state index contributed by atoms with van der Waals surface area (Å²) in [5.74, 6) is -1.90. The molecule has 2 rings (SSSR count). The van der Waals surface area contributed by atoms with Gasteiger partial charge in [0.1, 0.15) is 11.6 Å². The molecule has 0 spiro atoms. The van der Waals surface area contributed by atoms with E-state index in [0.29, 0.717) is 10.8 Å². The SMILES string of the molecule is CC(O)c1csc(NC(=O)Cc2ccc(F)cc2F)n1. The van der Waals surface area contributed by atoms with E-state index in [-0.39, 0.29) is 12.0 Å². The first-order chi connectivity index (χ1) is 9.45. The standard InChI is InChI=1S/C13H12F2N2O2S/c1-7(18)11-6-20-13(16-11)17-12(19)4-8-2-3-9(14)5-10(8)15/h2-3,5-7,18H,4H2,1H3,(H,16,17,19). The molecular formula is C13H12F2N2O2S. The minimum absolute atomic E-state index is 0.108. The van der Waals surface area contributed by atoms with E-state index in [2.05, 4.69) is 10.3 Å². The third kappa shape index (κ3) is 3.58. The predicted octanol–water partition coefficient (Wildman–Crippen LogP) is 2.66. The molecule has 1 amide bonds. The summed E-state index contributed by atoms with van der Waals surface area (Å²) >= 11 is 1.17. The highest BCUT2D eigenvalue weighted by atomic mass is 32.1. The Kier molecular flexibility index (Phi) is 4.41. The van der Waals surface area contributed by atoms with Crippen LogP contribution in [-0.2, 0) is 11.2 Å². The first kappa shape index (κ1) is 14.5. The van der Waals surface area contributed by atoms with Crippen LogP contribution in [0.4, 0.5) is 13.9 Å². The van der Waals surface area contributed by atoms with Crippen molar-refractivity contribution in [2.75, 3.05) is 5.32 Å². The molecule has 2 aromatic rings. The number of rotatable bonds is 4. The summed E-state index contributed by atoms with van der Waals surface area (Å²) in [6.45, 7) is 1.56. The third-order valence-electron chi connectivity index (χ3n) is 2.56. The largest absolute Gasteiger partial charge is 0.387 e. The van der Waals surface area contributed by atoms with E-state index < -0.39 is 23.6 Å². The molecule has 1 aromatic carbocycles. The molecule has 0 aliphatic rings. The van der Waals surface area contributed by atoms with Gasteiger partial charge in [-0.25, -0.2) is 13.8 Å². The Bertz CT molecular complexity index is 629. The molecule has 1 unspecified atom stereocenters. The summed E-state index contributed by atoms with van der Waals surface area (Å²) in [6.07, 6.45) is -0.929. The maximum Gasteiger partial charge on any atom is 0.230 e. The second-order valence-corrected chi connectivity index (χ2v) is 5.07. The van der Waals surface area contributed by atoms with E-state index in [1.807, 2.05) is 0 Å². The van der Waals surface area contributed by atoms with Crippen LogP contribution >= 0.6 is 11.3 Å². The minimum Gasteiger partial charge on any atom is -0.387 e. The lowest BCUT2D eigenvalue weighted by atomic mass is 10.1. The molecule has 0 fully saturated rings. The minimum atomic E-state index is -0.760. The molecule has 0 aliphatic heterocycles. The van der Waals surface area contributed by atoms with Crippen LogP contribution in [0, 0.1) is 11.6 Å². The van der Waals surface area contributed by atoms with Crippen molar-refractivity contribution in [2.24, 2.45) is 0 Å². The van der Waals surface area contributed by atoms with Crippen LogP contribution in [0.2, 0.25) is 0 Å². The summed E-state index contributed by atoms with van der Waals surface area (Å²) in [7, 11) is 0. The highest BCUT2D eigenvalue weighted by Crippen LogP contribution is 2.20. The van der Waals surface area contributed by atoms with Gasteiger partial charge in [-0.05, 0) is 18.6 Å². The maximum atomic E-state index is 13.4. The molecule has 1 atom stereocenters. The van der Waals surface area contributed by atoms with Crippen molar-refractivity contribution in [1.29, 1.82) is 0 Å². The van der Waals surface area contributed by atoms with Gasteiger partial charge in [0.2, 0.25) is 5.91 Å². The van der Waals surface area contributed by atoms with Crippen LogP contribution in [0.25, 0.3) is 0 Å². The lowest BCUT2D eigenvalue weighted by molar-refractivity contribution is -0.115. The van der Waals surface area contributed by atoms with Gasteiger partial charge >= 0.3 is 0 Å². The van der Waals surface area contributed by atoms with Gasteiger partial charge in [-0.3, -0.25) is 4.79 Å². The Hall–Kier alpha value is -1.86. The van der Waals surface area contributed by atoms with E-state index in [1.54, 1.807) is 12.3 Å². The zero-order valence-corrected chi connectivity index (χ0v) is 11.4. The fraction of sp³-hybridized carbons (Fsp3) is 0.231. The van der Waals surface area contributed by atoms with Gasteiger partial charge in [0, 0.05) is 11.4 Å². The fourth-order valence-electron chi connectivity index (χ4n) is 1.54. The van der Waals surface area contributed by atoms with Crippen molar-refractivity contribution in [2.45, 2.75) is 19.4 Å². The first-order valence-corrected chi connectivity index (χ1v) is 6.71. The highest BCUT2D eigenvalue weighted by molar-refractivity contribution is 7.13. The topological polar surface area (TPSA) is 62.2 Å². The van der Waals surface area contributed by atoms with E-state index in [0.717, 1.165) is 12.1 Å². The number of carbonyl (C=O) groups is 1. The van der Waals surface area contributed by atoms with Gasteiger partial charge in [0.15, 0.2) is 5.13 Å². The van der Waals surface area contributed by atoms with E-state index in [1.165, 1.54) is 17.4 Å². The molecule has 7 heteroatoms. The van der Waals surface area contributed by atoms with Crippen molar-refractivity contribution in [3.63, 3.8) is 0 Å². The summed E-state index contributed by atoms with van der Waals surface area (Å²) in [6, 6.07) is 3.06. The number of amides is 1. The number of nitrogens with one attached hydrogen (secondary N) is 1. The maximum absolute atomic E-state index is 13.4. The van der Waals surface area contributed by atoms with Gasteiger partial charge in [0.25, 0.3) is 0 Å². The van der Waals surface area contributed by atoms with E-state index in [9.17, 15) is 18.7 Å². The number of carbonyl (C=O) groups excluding carboxylic acids is 1. The van der Waals surface area contributed by atoms with Gasteiger partial charge < -0.3 is 10.4 Å². The molecule has 0 saturated heterocycles. The number of aromatic nitrogens is 1. The number of nitrogens with zero attached hydrogens (tertiary/aromatic N) is 1.